The number of halogens is 1. The van der Waals surface area contributed by atoms with Crippen molar-refractivity contribution in [3.63, 3.8) is 0 Å². The monoisotopic (exact) mass is 289 g/mol. The van der Waals surface area contributed by atoms with Gasteiger partial charge < -0.3 is 14.8 Å². The van der Waals surface area contributed by atoms with Crippen molar-refractivity contribution in [3.8, 4) is 11.5 Å². The molecule has 0 saturated carbocycles. The van der Waals surface area contributed by atoms with Crippen LogP contribution in [0.4, 0.5) is 4.39 Å². The lowest BCUT2D eigenvalue weighted by atomic mass is 10.1. The van der Waals surface area contributed by atoms with E-state index in [0.29, 0.717) is 6.54 Å². The highest BCUT2D eigenvalue weighted by Crippen LogP contribution is 2.30. The Morgan fingerprint density at radius 2 is 1.76 bits per heavy atom. The molecule has 0 unspecified atom stereocenters. The Kier molecular flexibility index (Phi) is 5.58. The normalized spacial score (nSPS) is 10.4. The van der Waals surface area contributed by atoms with E-state index in [9.17, 15) is 4.39 Å². The molecule has 0 atom stereocenters. The van der Waals surface area contributed by atoms with Crippen molar-refractivity contribution in [2.24, 2.45) is 0 Å². The first-order chi connectivity index (χ1) is 10.2. The summed E-state index contributed by atoms with van der Waals surface area (Å²) < 4.78 is 23.5. The zero-order chi connectivity index (χ0) is 15.1. The van der Waals surface area contributed by atoms with Crippen molar-refractivity contribution in [2.75, 3.05) is 20.8 Å². The van der Waals surface area contributed by atoms with Crippen molar-refractivity contribution >= 4 is 0 Å². The first-order valence-corrected chi connectivity index (χ1v) is 6.89. The molecule has 3 nitrogen and oxygen atoms in total. The van der Waals surface area contributed by atoms with Crippen molar-refractivity contribution in [3.05, 3.63) is 59.4 Å². The molecule has 0 aliphatic carbocycles. The average molecular weight is 289 g/mol. The molecule has 2 aromatic carbocycles. The summed E-state index contributed by atoms with van der Waals surface area (Å²) in [7, 11) is 3.27. The van der Waals surface area contributed by atoms with Crippen molar-refractivity contribution in [2.45, 2.75) is 13.0 Å². The van der Waals surface area contributed by atoms with E-state index in [2.05, 4.69) is 5.32 Å². The minimum atomic E-state index is -0.201. The SMILES string of the molecule is COc1cccc(CNCCc2ccc(F)cc2)c1OC. The number of rotatable bonds is 7. The molecule has 2 aromatic rings. The summed E-state index contributed by atoms with van der Waals surface area (Å²) in [5, 5.41) is 3.36. The van der Waals surface area contributed by atoms with Crippen LogP contribution in [0.25, 0.3) is 0 Å². The van der Waals surface area contributed by atoms with Gasteiger partial charge in [-0.1, -0.05) is 24.3 Å². The Labute approximate surface area is 124 Å². The van der Waals surface area contributed by atoms with Gasteiger partial charge in [0, 0.05) is 12.1 Å². The predicted octanol–water partition coefficient (Wildman–Crippen LogP) is 3.18. The van der Waals surface area contributed by atoms with E-state index in [-0.39, 0.29) is 5.82 Å². The number of benzene rings is 2. The zero-order valence-electron chi connectivity index (χ0n) is 12.4. The molecule has 1 N–H and O–H groups in total. The number of hydrogen-bond donors (Lipinski definition) is 1. The van der Waals surface area contributed by atoms with E-state index in [0.717, 1.165) is 35.6 Å². The summed E-state index contributed by atoms with van der Waals surface area (Å²) in [4.78, 5) is 0. The van der Waals surface area contributed by atoms with Crippen LogP contribution in [0.15, 0.2) is 42.5 Å². The Hall–Kier alpha value is -2.07. The third-order valence-corrected chi connectivity index (χ3v) is 3.30. The van der Waals surface area contributed by atoms with Gasteiger partial charge >= 0.3 is 0 Å². The van der Waals surface area contributed by atoms with Gasteiger partial charge in [0.25, 0.3) is 0 Å². The number of methoxy groups -OCH3 is 2. The standard InChI is InChI=1S/C17H20FNO2/c1-20-16-5-3-4-14(17(16)21-2)12-19-11-10-13-6-8-15(18)9-7-13/h3-9,19H,10-12H2,1-2H3. The molecule has 0 saturated heterocycles. The Morgan fingerprint density at radius 3 is 2.43 bits per heavy atom. The summed E-state index contributed by atoms with van der Waals surface area (Å²) >= 11 is 0. The molecular weight excluding hydrogens is 269 g/mol. The van der Waals surface area contributed by atoms with Crippen molar-refractivity contribution in [1.82, 2.24) is 5.32 Å². The maximum Gasteiger partial charge on any atom is 0.165 e. The lowest BCUT2D eigenvalue weighted by Crippen LogP contribution is -2.17. The summed E-state index contributed by atoms with van der Waals surface area (Å²) in [6.45, 7) is 1.51. The van der Waals surface area contributed by atoms with Crippen LogP contribution >= 0.6 is 0 Å². The van der Waals surface area contributed by atoms with E-state index in [4.69, 9.17) is 9.47 Å². The van der Waals surface area contributed by atoms with Gasteiger partial charge in [0.1, 0.15) is 5.82 Å². The lowest BCUT2D eigenvalue weighted by Gasteiger charge is -2.13. The second-order valence-corrected chi connectivity index (χ2v) is 4.71. The van der Waals surface area contributed by atoms with E-state index < -0.39 is 0 Å². The molecule has 0 aromatic heterocycles. The fraction of sp³-hybridized carbons (Fsp3) is 0.294. The molecule has 0 bridgehead atoms. The predicted molar refractivity (Wildman–Crippen MR) is 81.4 cm³/mol. The number of nitrogens with one attached hydrogen (secondary N) is 1. The van der Waals surface area contributed by atoms with Gasteiger partial charge in [-0.2, -0.15) is 0 Å². The van der Waals surface area contributed by atoms with Crippen LogP contribution in [-0.2, 0) is 13.0 Å². The maximum atomic E-state index is 12.8. The fourth-order valence-corrected chi connectivity index (χ4v) is 2.20. The van der Waals surface area contributed by atoms with Gasteiger partial charge in [-0.3, -0.25) is 0 Å². The summed E-state index contributed by atoms with van der Waals surface area (Å²) in [5.41, 5.74) is 2.16. The van der Waals surface area contributed by atoms with Gasteiger partial charge in [-0.15, -0.1) is 0 Å². The minimum Gasteiger partial charge on any atom is -0.493 e. The first-order valence-electron chi connectivity index (χ1n) is 6.89. The minimum absolute atomic E-state index is 0.201. The first kappa shape index (κ1) is 15.3. The van der Waals surface area contributed by atoms with E-state index >= 15 is 0 Å². The highest BCUT2D eigenvalue weighted by atomic mass is 19.1. The molecule has 0 aliphatic heterocycles. The topological polar surface area (TPSA) is 30.5 Å². The van der Waals surface area contributed by atoms with Gasteiger partial charge in [0.15, 0.2) is 11.5 Å². The number of ether oxygens (including phenoxy) is 2. The van der Waals surface area contributed by atoms with Crippen LogP contribution in [0.2, 0.25) is 0 Å². The van der Waals surface area contributed by atoms with Crippen LogP contribution < -0.4 is 14.8 Å². The quantitative estimate of drug-likeness (QED) is 0.794. The van der Waals surface area contributed by atoms with Crippen LogP contribution in [0, 0.1) is 5.82 Å². The molecule has 0 amide bonds. The molecular formula is C17H20FNO2. The van der Waals surface area contributed by atoms with Gasteiger partial charge in [-0.05, 0) is 36.7 Å². The third kappa shape index (κ3) is 4.20. The molecule has 0 aliphatic rings. The highest BCUT2D eigenvalue weighted by Gasteiger charge is 2.08. The third-order valence-electron chi connectivity index (χ3n) is 3.30. The highest BCUT2D eigenvalue weighted by molar-refractivity contribution is 5.46. The van der Waals surface area contributed by atoms with E-state index in [1.807, 2.05) is 30.3 Å². The summed E-state index contributed by atoms with van der Waals surface area (Å²) in [6, 6.07) is 12.4. The zero-order valence-corrected chi connectivity index (χ0v) is 12.4. The second-order valence-electron chi connectivity index (χ2n) is 4.71. The Bertz CT molecular complexity index is 570. The second kappa shape index (κ2) is 7.64. The molecule has 2 rings (SSSR count). The van der Waals surface area contributed by atoms with Crippen LogP contribution in [0.1, 0.15) is 11.1 Å². The lowest BCUT2D eigenvalue weighted by molar-refractivity contribution is 0.350. The fourth-order valence-electron chi connectivity index (χ4n) is 2.20. The average Bonchev–Trinajstić information content (AvgIpc) is 2.52. The number of hydrogen-bond acceptors (Lipinski definition) is 3. The molecule has 0 heterocycles. The van der Waals surface area contributed by atoms with E-state index in [1.54, 1.807) is 14.2 Å². The van der Waals surface area contributed by atoms with Crippen molar-refractivity contribution < 1.29 is 13.9 Å². The molecule has 21 heavy (non-hydrogen) atoms. The van der Waals surface area contributed by atoms with Gasteiger partial charge in [-0.25, -0.2) is 4.39 Å². The van der Waals surface area contributed by atoms with Crippen LogP contribution in [0.3, 0.4) is 0 Å². The number of para-hydroxylation sites is 1. The van der Waals surface area contributed by atoms with E-state index in [1.165, 1.54) is 12.1 Å². The van der Waals surface area contributed by atoms with Crippen LogP contribution in [0.5, 0.6) is 11.5 Å². The smallest absolute Gasteiger partial charge is 0.165 e. The molecule has 0 radical (unpaired) electrons. The molecule has 0 spiro atoms. The Balaban J connectivity index is 1.87. The summed E-state index contributed by atoms with van der Waals surface area (Å²) in [6.07, 6.45) is 0.854. The Morgan fingerprint density at radius 1 is 1.00 bits per heavy atom. The van der Waals surface area contributed by atoms with Gasteiger partial charge in [0.05, 0.1) is 14.2 Å². The molecule has 112 valence electrons. The maximum absolute atomic E-state index is 12.8. The van der Waals surface area contributed by atoms with Crippen LogP contribution in [-0.4, -0.2) is 20.8 Å². The largest absolute Gasteiger partial charge is 0.493 e. The van der Waals surface area contributed by atoms with Crippen molar-refractivity contribution in [1.29, 1.82) is 0 Å². The van der Waals surface area contributed by atoms with Gasteiger partial charge in [0.2, 0.25) is 0 Å². The summed E-state index contributed by atoms with van der Waals surface area (Å²) in [5.74, 6) is 1.29. The molecule has 0 fully saturated rings. The molecule has 4 heteroatoms.